The Morgan fingerprint density at radius 3 is 2.18 bits per heavy atom. The van der Waals surface area contributed by atoms with Gasteiger partial charge in [-0.05, 0) is 42.3 Å². The number of benzene rings is 3. The van der Waals surface area contributed by atoms with Crippen molar-refractivity contribution in [2.75, 3.05) is 11.4 Å². The Balaban J connectivity index is 1.54. The smallest absolute Gasteiger partial charge is 0.140 e. The van der Waals surface area contributed by atoms with E-state index in [0.717, 1.165) is 24.6 Å². The van der Waals surface area contributed by atoms with Gasteiger partial charge in [-0.15, -0.1) is 0 Å². The van der Waals surface area contributed by atoms with Gasteiger partial charge in [0.25, 0.3) is 0 Å². The van der Waals surface area contributed by atoms with Crippen LogP contribution in [0, 0.1) is 0 Å². The first-order chi connectivity index (χ1) is 16.8. The summed E-state index contributed by atoms with van der Waals surface area (Å²) in [5.74, 6) is 2.26. The lowest BCUT2D eigenvalue weighted by Gasteiger charge is -2.27. The first-order valence-corrected chi connectivity index (χ1v) is 12.0. The molecule has 1 atom stereocenters. The molecule has 2 aromatic heterocycles. The molecule has 1 aliphatic rings. The molecule has 0 amide bonds. The Bertz CT molecular complexity index is 1490. The second kappa shape index (κ2) is 8.68. The molecule has 0 aliphatic carbocycles. The van der Waals surface area contributed by atoms with E-state index in [9.17, 15) is 0 Å². The summed E-state index contributed by atoms with van der Waals surface area (Å²) in [5, 5.41) is 2.50. The molecular weight excluding hydrogens is 414 g/mol. The van der Waals surface area contributed by atoms with Crippen molar-refractivity contribution in [3.8, 4) is 5.82 Å². The Morgan fingerprint density at radius 1 is 0.735 bits per heavy atom. The maximum atomic E-state index is 5.23. The third kappa shape index (κ3) is 3.41. The zero-order valence-electron chi connectivity index (χ0n) is 19.3. The van der Waals surface area contributed by atoms with Crippen molar-refractivity contribution in [2.45, 2.75) is 19.3 Å². The highest BCUT2D eigenvalue weighted by Gasteiger charge is 2.19. The van der Waals surface area contributed by atoms with Crippen LogP contribution < -0.4 is 4.90 Å². The average Bonchev–Trinajstić information content (AvgIpc) is 3.27. The van der Waals surface area contributed by atoms with Crippen molar-refractivity contribution >= 4 is 33.3 Å². The molecule has 0 N–H and O–H groups in total. The molecule has 0 spiro atoms. The van der Waals surface area contributed by atoms with Gasteiger partial charge in [-0.3, -0.25) is 4.57 Å². The minimum Gasteiger partial charge on any atom is -0.322 e. The quantitative estimate of drug-likeness (QED) is 0.283. The van der Waals surface area contributed by atoms with E-state index in [1.54, 1.807) is 0 Å². The average molecular weight is 442 g/mol. The predicted molar refractivity (Wildman–Crippen MR) is 143 cm³/mol. The van der Waals surface area contributed by atoms with Crippen molar-refractivity contribution in [1.82, 2.24) is 9.55 Å². The number of hydrogen-bond acceptors (Lipinski definition) is 2. The lowest BCUT2D eigenvalue weighted by Crippen LogP contribution is -2.20. The molecule has 0 saturated heterocycles. The van der Waals surface area contributed by atoms with Crippen LogP contribution in [0.5, 0.6) is 0 Å². The predicted octanol–water partition coefficient (Wildman–Crippen LogP) is 7.94. The molecule has 3 heterocycles. The molecule has 34 heavy (non-hydrogen) atoms. The Kier molecular flexibility index (Phi) is 5.23. The van der Waals surface area contributed by atoms with Gasteiger partial charge >= 0.3 is 0 Å². The Morgan fingerprint density at radius 2 is 1.41 bits per heavy atom. The Labute approximate surface area is 200 Å². The van der Waals surface area contributed by atoms with E-state index in [1.165, 1.54) is 33.1 Å². The lowest BCUT2D eigenvalue weighted by atomic mass is 9.94. The van der Waals surface area contributed by atoms with E-state index in [2.05, 4.69) is 132 Å². The molecule has 1 aliphatic heterocycles. The molecule has 6 rings (SSSR count). The van der Waals surface area contributed by atoms with Gasteiger partial charge in [0, 0.05) is 28.9 Å². The largest absolute Gasteiger partial charge is 0.322 e. The molecule has 0 fully saturated rings. The summed E-state index contributed by atoms with van der Waals surface area (Å²) in [6.07, 6.45) is 9.90. The molecule has 0 radical (unpaired) electrons. The first kappa shape index (κ1) is 20.5. The summed E-state index contributed by atoms with van der Waals surface area (Å²) < 4.78 is 2.28. The van der Waals surface area contributed by atoms with Crippen LogP contribution in [0.25, 0.3) is 27.6 Å². The van der Waals surface area contributed by atoms with E-state index in [0.29, 0.717) is 5.92 Å². The molecule has 166 valence electrons. The van der Waals surface area contributed by atoms with Crippen LogP contribution in [-0.4, -0.2) is 16.1 Å². The van der Waals surface area contributed by atoms with Crippen LogP contribution >= 0.6 is 0 Å². The normalized spacial score (nSPS) is 17.7. The van der Waals surface area contributed by atoms with E-state index in [4.69, 9.17) is 4.98 Å². The van der Waals surface area contributed by atoms with E-state index in [-0.39, 0.29) is 0 Å². The van der Waals surface area contributed by atoms with Gasteiger partial charge in [0.15, 0.2) is 0 Å². The van der Waals surface area contributed by atoms with Crippen LogP contribution in [0.3, 0.4) is 0 Å². The van der Waals surface area contributed by atoms with E-state index < -0.39 is 0 Å². The number of aromatic nitrogens is 2. The maximum Gasteiger partial charge on any atom is 0.140 e. The standard InChI is InChI=1S/C31H27N3/c1-2-23-13-4-3-11-22-33(27-17-8-5-14-24(23)27)30-20-12-21-31(32-30)34-28-18-9-6-15-25(28)26-16-7-10-19-29(26)34/h3-21,23H,2,22H2,1H3/b11-3-,13-4-. The zero-order chi connectivity index (χ0) is 22.9. The summed E-state index contributed by atoms with van der Waals surface area (Å²) in [6, 6.07) is 32.2. The minimum atomic E-state index is 0.377. The highest BCUT2D eigenvalue weighted by atomic mass is 15.2. The number of pyridine rings is 1. The van der Waals surface area contributed by atoms with Crippen LogP contribution in [0.4, 0.5) is 11.5 Å². The van der Waals surface area contributed by atoms with Crippen LogP contribution in [0.15, 0.2) is 115 Å². The zero-order valence-corrected chi connectivity index (χ0v) is 19.3. The van der Waals surface area contributed by atoms with Crippen molar-refractivity contribution in [1.29, 1.82) is 0 Å². The van der Waals surface area contributed by atoms with Crippen molar-refractivity contribution in [2.24, 2.45) is 0 Å². The van der Waals surface area contributed by atoms with Gasteiger partial charge in [-0.2, -0.15) is 0 Å². The van der Waals surface area contributed by atoms with Gasteiger partial charge in [-0.25, -0.2) is 4.98 Å². The molecule has 3 heteroatoms. The summed E-state index contributed by atoms with van der Waals surface area (Å²) in [7, 11) is 0. The lowest BCUT2D eigenvalue weighted by molar-refractivity contribution is 0.802. The van der Waals surface area contributed by atoms with E-state index >= 15 is 0 Å². The van der Waals surface area contributed by atoms with Gasteiger partial charge in [0.1, 0.15) is 11.6 Å². The topological polar surface area (TPSA) is 21.1 Å². The van der Waals surface area contributed by atoms with Gasteiger partial charge in [0.2, 0.25) is 0 Å². The fourth-order valence-electron chi connectivity index (χ4n) is 5.12. The number of fused-ring (bicyclic) bond motifs is 4. The second-order valence-corrected chi connectivity index (χ2v) is 8.72. The highest BCUT2D eigenvalue weighted by Crippen LogP contribution is 2.36. The maximum absolute atomic E-state index is 5.23. The van der Waals surface area contributed by atoms with E-state index in [1.807, 2.05) is 0 Å². The van der Waals surface area contributed by atoms with Gasteiger partial charge in [-0.1, -0.05) is 91.9 Å². The van der Waals surface area contributed by atoms with Crippen molar-refractivity contribution < 1.29 is 0 Å². The number of hydrogen-bond donors (Lipinski definition) is 0. The second-order valence-electron chi connectivity index (χ2n) is 8.72. The van der Waals surface area contributed by atoms with Crippen molar-refractivity contribution in [3.63, 3.8) is 0 Å². The monoisotopic (exact) mass is 441 g/mol. The molecule has 5 aromatic rings. The number of anilines is 2. The molecule has 0 saturated carbocycles. The molecular formula is C31H27N3. The fourth-order valence-corrected chi connectivity index (χ4v) is 5.12. The summed E-state index contributed by atoms with van der Waals surface area (Å²) >= 11 is 0. The molecule has 3 nitrogen and oxygen atoms in total. The third-order valence-corrected chi connectivity index (χ3v) is 6.75. The summed E-state index contributed by atoms with van der Waals surface area (Å²) in [5.41, 5.74) is 4.91. The van der Waals surface area contributed by atoms with Crippen LogP contribution in [0.2, 0.25) is 0 Å². The molecule has 3 aromatic carbocycles. The summed E-state index contributed by atoms with van der Waals surface area (Å²) in [4.78, 5) is 7.56. The summed E-state index contributed by atoms with van der Waals surface area (Å²) in [6.45, 7) is 3.01. The van der Waals surface area contributed by atoms with Crippen molar-refractivity contribution in [3.05, 3.63) is 121 Å². The SMILES string of the molecule is CCC1/C=C\C=C/CN(c2cccc(-n3c4ccccc4c4ccccc43)n2)c2ccccc21. The minimum absolute atomic E-state index is 0.377. The van der Waals surface area contributed by atoms with Crippen LogP contribution in [0.1, 0.15) is 24.8 Å². The molecule has 0 bridgehead atoms. The number of nitrogens with zero attached hydrogens (tertiary/aromatic N) is 3. The number of allylic oxidation sites excluding steroid dienone is 3. The highest BCUT2D eigenvalue weighted by molar-refractivity contribution is 6.09. The van der Waals surface area contributed by atoms with Crippen LogP contribution in [-0.2, 0) is 0 Å². The number of rotatable bonds is 3. The fraction of sp³-hybridized carbons (Fsp3) is 0.129. The van der Waals surface area contributed by atoms with Gasteiger partial charge in [0.05, 0.1) is 11.0 Å². The first-order valence-electron chi connectivity index (χ1n) is 12.0. The van der Waals surface area contributed by atoms with Gasteiger partial charge < -0.3 is 4.90 Å². The third-order valence-electron chi connectivity index (χ3n) is 6.75. The Hall–Kier alpha value is -4.11. The number of para-hydroxylation sites is 3. The molecule has 1 unspecified atom stereocenters.